The predicted octanol–water partition coefficient (Wildman–Crippen LogP) is 4.14. The monoisotopic (exact) mass is 287 g/mol. The Balaban J connectivity index is 2.30. The van der Waals surface area contributed by atoms with Crippen LogP contribution in [-0.4, -0.2) is 9.55 Å². The number of anilines is 1. The molecule has 0 radical (unpaired) electrons. The van der Waals surface area contributed by atoms with Gasteiger partial charge in [-0.15, -0.1) is 0 Å². The number of nitrogens with zero attached hydrogens (tertiary/aromatic N) is 2. The molecule has 1 heterocycles. The van der Waals surface area contributed by atoms with Crippen LogP contribution >= 0.6 is 0 Å². The summed E-state index contributed by atoms with van der Waals surface area (Å²) in [7, 11) is 0. The Morgan fingerprint density at radius 1 is 1.10 bits per heavy atom. The third-order valence-corrected chi connectivity index (χ3v) is 3.42. The first-order chi connectivity index (χ1) is 9.97. The molecule has 0 atom stereocenters. The average molecular weight is 287 g/mol. The van der Waals surface area contributed by atoms with Crippen molar-refractivity contribution >= 4 is 16.7 Å². The van der Waals surface area contributed by atoms with E-state index in [1.54, 1.807) is 18.2 Å². The van der Waals surface area contributed by atoms with E-state index >= 15 is 0 Å². The van der Waals surface area contributed by atoms with Gasteiger partial charge in [0.2, 0.25) is 0 Å². The van der Waals surface area contributed by atoms with E-state index in [4.69, 9.17) is 5.73 Å². The lowest BCUT2D eigenvalue weighted by atomic mass is 10.1. The second-order valence-corrected chi connectivity index (χ2v) is 5.27. The number of hydrogen-bond donors (Lipinski definition) is 1. The summed E-state index contributed by atoms with van der Waals surface area (Å²) >= 11 is 0. The number of rotatable bonds is 2. The van der Waals surface area contributed by atoms with Gasteiger partial charge in [0.25, 0.3) is 0 Å². The SMILES string of the molecule is CC(C)n1c(-c2ccc(F)c(N)c2)nc2cc(F)ccc21. The molecule has 3 aromatic rings. The van der Waals surface area contributed by atoms with Crippen molar-refractivity contribution < 1.29 is 8.78 Å². The zero-order valence-electron chi connectivity index (χ0n) is 11.8. The maximum atomic E-state index is 13.4. The highest BCUT2D eigenvalue weighted by atomic mass is 19.1. The Hall–Kier alpha value is -2.43. The Morgan fingerprint density at radius 3 is 2.52 bits per heavy atom. The second-order valence-electron chi connectivity index (χ2n) is 5.27. The van der Waals surface area contributed by atoms with Gasteiger partial charge in [0, 0.05) is 17.7 Å². The van der Waals surface area contributed by atoms with Crippen molar-refractivity contribution in [2.75, 3.05) is 5.73 Å². The van der Waals surface area contributed by atoms with Crippen LogP contribution in [0.3, 0.4) is 0 Å². The van der Waals surface area contributed by atoms with Crippen LogP contribution in [-0.2, 0) is 0 Å². The van der Waals surface area contributed by atoms with E-state index in [0.717, 1.165) is 5.52 Å². The maximum Gasteiger partial charge on any atom is 0.146 e. The minimum absolute atomic E-state index is 0.0704. The average Bonchev–Trinajstić information content (AvgIpc) is 2.80. The van der Waals surface area contributed by atoms with Crippen LogP contribution in [0, 0.1) is 11.6 Å². The van der Waals surface area contributed by atoms with E-state index in [-0.39, 0.29) is 17.5 Å². The highest BCUT2D eigenvalue weighted by Gasteiger charge is 2.16. The van der Waals surface area contributed by atoms with E-state index < -0.39 is 5.82 Å². The summed E-state index contributed by atoms with van der Waals surface area (Å²) in [5.74, 6) is -0.143. The summed E-state index contributed by atoms with van der Waals surface area (Å²) in [4.78, 5) is 4.48. The minimum Gasteiger partial charge on any atom is -0.396 e. The van der Waals surface area contributed by atoms with Crippen LogP contribution in [0.15, 0.2) is 36.4 Å². The lowest BCUT2D eigenvalue weighted by molar-refractivity contribution is 0.619. The van der Waals surface area contributed by atoms with Crippen molar-refractivity contribution in [1.29, 1.82) is 0 Å². The van der Waals surface area contributed by atoms with Crippen LogP contribution in [0.25, 0.3) is 22.4 Å². The fraction of sp³-hybridized carbons (Fsp3) is 0.188. The van der Waals surface area contributed by atoms with E-state index in [1.807, 2.05) is 18.4 Å². The number of nitrogens with two attached hydrogens (primary N) is 1. The summed E-state index contributed by atoms with van der Waals surface area (Å²) in [5.41, 5.74) is 7.82. The minimum atomic E-state index is -0.461. The van der Waals surface area contributed by atoms with Gasteiger partial charge >= 0.3 is 0 Å². The molecular formula is C16H15F2N3. The Labute approximate surface area is 121 Å². The van der Waals surface area contributed by atoms with E-state index in [2.05, 4.69) is 4.98 Å². The van der Waals surface area contributed by atoms with Crippen molar-refractivity contribution in [2.24, 2.45) is 0 Å². The van der Waals surface area contributed by atoms with Gasteiger partial charge in [0.05, 0.1) is 16.7 Å². The first-order valence-corrected chi connectivity index (χ1v) is 6.70. The van der Waals surface area contributed by atoms with Gasteiger partial charge in [-0.3, -0.25) is 0 Å². The molecule has 0 aliphatic heterocycles. The van der Waals surface area contributed by atoms with Crippen molar-refractivity contribution in [3.63, 3.8) is 0 Å². The predicted molar refractivity (Wildman–Crippen MR) is 79.9 cm³/mol. The van der Waals surface area contributed by atoms with E-state index in [1.165, 1.54) is 18.2 Å². The smallest absolute Gasteiger partial charge is 0.146 e. The molecule has 21 heavy (non-hydrogen) atoms. The maximum absolute atomic E-state index is 13.4. The normalized spacial score (nSPS) is 11.5. The summed E-state index contributed by atoms with van der Waals surface area (Å²) in [5, 5.41) is 0. The third kappa shape index (κ3) is 2.24. The van der Waals surface area contributed by atoms with Crippen molar-refractivity contribution in [3.05, 3.63) is 48.0 Å². The van der Waals surface area contributed by atoms with Gasteiger partial charge < -0.3 is 10.3 Å². The summed E-state index contributed by atoms with van der Waals surface area (Å²) in [6.45, 7) is 4.03. The van der Waals surface area contributed by atoms with Crippen molar-refractivity contribution in [3.8, 4) is 11.4 Å². The van der Waals surface area contributed by atoms with Crippen molar-refractivity contribution in [1.82, 2.24) is 9.55 Å². The molecule has 5 heteroatoms. The fourth-order valence-corrected chi connectivity index (χ4v) is 2.48. The van der Waals surface area contributed by atoms with Crippen LogP contribution in [0.1, 0.15) is 19.9 Å². The molecule has 2 N–H and O–H groups in total. The molecule has 0 bridgehead atoms. The first-order valence-electron chi connectivity index (χ1n) is 6.70. The summed E-state index contributed by atoms with van der Waals surface area (Å²) < 4.78 is 28.7. The molecule has 3 rings (SSSR count). The van der Waals surface area contributed by atoms with E-state index in [9.17, 15) is 8.78 Å². The number of fused-ring (bicyclic) bond motifs is 1. The lowest BCUT2D eigenvalue weighted by Gasteiger charge is -2.13. The van der Waals surface area contributed by atoms with Gasteiger partial charge in [0.15, 0.2) is 0 Å². The van der Waals surface area contributed by atoms with Crippen LogP contribution in [0.2, 0.25) is 0 Å². The second kappa shape index (κ2) is 4.84. The molecule has 0 spiro atoms. The number of nitrogen functional groups attached to an aromatic ring is 1. The van der Waals surface area contributed by atoms with Gasteiger partial charge in [-0.1, -0.05) is 0 Å². The number of halogens is 2. The van der Waals surface area contributed by atoms with Crippen LogP contribution in [0.5, 0.6) is 0 Å². The quantitative estimate of drug-likeness (QED) is 0.720. The first kappa shape index (κ1) is 13.5. The van der Waals surface area contributed by atoms with Crippen molar-refractivity contribution in [2.45, 2.75) is 19.9 Å². The zero-order valence-corrected chi connectivity index (χ0v) is 11.8. The molecule has 3 nitrogen and oxygen atoms in total. The standard InChI is InChI=1S/C16H15F2N3/c1-9(2)21-15-6-4-11(17)8-14(15)20-16(21)10-3-5-12(18)13(19)7-10/h3-9H,19H2,1-2H3. The molecule has 0 aliphatic carbocycles. The number of imidazole rings is 1. The molecular weight excluding hydrogens is 272 g/mol. The molecule has 0 fully saturated rings. The van der Waals surface area contributed by atoms with Crippen LogP contribution < -0.4 is 5.73 Å². The Bertz CT molecular complexity index is 822. The molecule has 2 aromatic carbocycles. The number of benzene rings is 2. The third-order valence-electron chi connectivity index (χ3n) is 3.42. The van der Waals surface area contributed by atoms with Gasteiger partial charge in [-0.25, -0.2) is 13.8 Å². The molecule has 0 amide bonds. The largest absolute Gasteiger partial charge is 0.396 e. The molecule has 0 unspecified atom stereocenters. The highest BCUT2D eigenvalue weighted by Crippen LogP contribution is 2.30. The lowest BCUT2D eigenvalue weighted by Crippen LogP contribution is -2.03. The zero-order chi connectivity index (χ0) is 15.1. The molecule has 108 valence electrons. The van der Waals surface area contributed by atoms with E-state index in [0.29, 0.717) is 16.9 Å². The fourth-order valence-electron chi connectivity index (χ4n) is 2.48. The van der Waals surface area contributed by atoms with Gasteiger partial charge in [0.1, 0.15) is 17.5 Å². The Morgan fingerprint density at radius 2 is 1.86 bits per heavy atom. The molecule has 1 aromatic heterocycles. The topological polar surface area (TPSA) is 43.8 Å². The number of hydrogen-bond acceptors (Lipinski definition) is 2. The Kier molecular flexibility index (Phi) is 3.12. The van der Waals surface area contributed by atoms with Gasteiger partial charge in [-0.2, -0.15) is 0 Å². The number of aromatic nitrogens is 2. The summed E-state index contributed by atoms with van der Waals surface area (Å²) in [6, 6.07) is 9.12. The molecule has 0 aliphatic rings. The molecule has 0 saturated heterocycles. The van der Waals surface area contributed by atoms with Gasteiger partial charge in [-0.05, 0) is 44.2 Å². The van der Waals surface area contributed by atoms with Crippen LogP contribution in [0.4, 0.5) is 14.5 Å². The summed E-state index contributed by atoms with van der Waals surface area (Å²) in [6.07, 6.45) is 0. The molecule has 0 saturated carbocycles. The highest BCUT2D eigenvalue weighted by molar-refractivity contribution is 5.81.